The second-order valence-corrected chi connectivity index (χ2v) is 8.81. The number of unbranched alkanes of at least 4 members (excludes halogenated alkanes) is 2. The predicted molar refractivity (Wildman–Crippen MR) is 149 cm³/mol. The zero-order valence-electron chi connectivity index (χ0n) is 23.2. The van der Waals surface area contributed by atoms with E-state index in [2.05, 4.69) is 5.16 Å². The Labute approximate surface area is 230 Å². The maximum atomic E-state index is 13.2. The van der Waals surface area contributed by atoms with Crippen LogP contribution in [0.15, 0.2) is 47.6 Å². The van der Waals surface area contributed by atoms with Crippen molar-refractivity contribution in [2.24, 2.45) is 10.9 Å². The van der Waals surface area contributed by atoms with Crippen LogP contribution in [0.4, 0.5) is 0 Å². The number of hydrogen-bond acceptors (Lipinski definition) is 8. The largest absolute Gasteiger partial charge is 0.494 e. The van der Waals surface area contributed by atoms with Crippen molar-refractivity contribution in [2.75, 3.05) is 39.5 Å². The maximum absolute atomic E-state index is 13.2. The van der Waals surface area contributed by atoms with E-state index in [4.69, 9.17) is 29.9 Å². The van der Waals surface area contributed by atoms with Crippen LogP contribution in [0.3, 0.4) is 0 Å². The van der Waals surface area contributed by atoms with Crippen molar-refractivity contribution in [1.29, 1.82) is 0 Å². The minimum atomic E-state index is -0.498. The van der Waals surface area contributed by atoms with Gasteiger partial charge in [-0.2, -0.15) is 0 Å². The van der Waals surface area contributed by atoms with Crippen molar-refractivity contribution in [1.82, 2.24) is 4.90 Å². The Balaban J connectivity index is 1.89. The van der Waals surface area contributed by atoms with Crippen molar-refractivity contribution in [2.45, 2.75) is 52.9 Å². The SMILES string of the molecule is CCCN(CCC)C(=O)c1ccc(OCCCCCOc2ccc(C(N)=NO)cc2)cc1OCC(=O)OCC. The smallest absolute Gasteiger partial charge is 0.344 e. The number of rotatable bonds is 18. The van der Waals surface area contributed by atoms with Crippen molar-refractivity contribution >= 4 is 17.7 Å². The third kappa shape index (κ3) is 10.7. The second kappa shape index (κ2) is 17.5. The third-order valence-corrected chi connectivity index (χ3v) is 5.69. The molecule has 10 nitrogen and oxygen atoms in total. The molecule has 0 aliphatic rings. The lowest BCUT2D eigenvalue weighted by Crippen LogP contribution is -2.33. The lowest BCUT2D eigenvalue weighted by atomic mass is 10.1. The Morgan fingerprint density at radius 1 is 0.872 bits per heavy atom. The Morgan fingerprint density at radius 3 is 2.08 bits per heavy atom. The van der Waals surface area contributed by atoms with Crippen molar-refractivity contribution in [3.63, 3.8) is 0 Å². The predicted octanol–water partition coefficient (Wildman–Crippen LogP) is 4.61. The summed E-state index contributed by atoms with van der Waals surface area (Å²) < 4.78 is 22.3. The molecule has 0 saturated carbocycles. The summed E-state index contributed by atoms with van der Waals surface area (Å²) in [6.07, 6.45) is 4.24. The number of nitrogens with two attached hydrogens (primary N) is 1. The minimum Gasteiger partial charge on any atom is -0.494 e. The van der Waals surface area contributed by atoms with Gasteiger partial charge in [-0.3, -0.25) is 4.79 Å². The molecule has 10 heteroatoms. The summed E-state index contributed by atoms with van der Waals surface area (Å²) in [5, 5.41) is 11.7. The standard InChI is InChI=1S/C29H41N3O7/c1-4-16-32(17-5-2)29(34)25-15-14-24(20-26(25)39-21-27(33)36-6-3)38-19-9-7-8-18-37-23-12-10-22(11-13-23)28(30)31-35/h10-15,20,35H,4-9,16-19,21H2,1-3H3,(H2,30,31). The summed E-state index contributed by atoms with van der Waals surface area (Å²) in [5.41, 5.74) is 6.57. The van der Waals surface area contributed by atoms with E-state index in [-0.39, 0.29) is 25.0 Å². The lowest BCUT2D eigenvalue weighted by Gasteiger charge is -2.23. The van der Waals surface area contributed by atoms with E-state index in [0.29, 0.717) is 54.7 Å². The lowest BCUT2D eigenvalue weighted by molar-refractivity contribution is -0.145. The average molecular weight is 544 g/mol. The first kappa shape index (κ1) is 31.3. The Hall–Kier alpha value is -3.95. The zero-order valence-corrected chi connectivity index (χ0v) is 23.2. The molecule has 0 aliphatic carbocycles. The molecule has 1 amide bonds. The number of carbonyl (C=O) groups is 2. The summed E-state index contributed by atoms with van der Waals surface area (Å²) >= 11 is 0. The topological polar surface area (TPSA) is 133 Å². The summed E-state index contributed by atoms with van der Waals surface area (Å²) in [6, 6.07) is 12.1. The molecular weight excluding hydrogens is 502 g/mol. The molecular formula is C29H41N3O7. The number of carbonyl (C=O) groups excluding carboxylic acids is 2. The van der Waals surface area contributed by atoms with Crippen LogP contribution in [0, 0.1) is 0 Å². The molecule has 2 aromatic carbocycles. The number of esters is 1. The van der Waals surface area contributed by atoms with E-state index in [1.165, 1.54) is 0 Å². The number of ether oxygens (including phenoxy) is 4. The molecule has 2 rings (SSSR count). The zero-order chi connectivity index (χ0) is 28.5. The van der Waals surface area contributed by atoms with Crippen molar-refractivity contribution in [3.05, 3.63) is 53.6 Å². The van der Waals surface area contributed by atoms with Crippen LogP contribution in [0.2, 0.25) is 0 Å². The fraction of sp³-hybridized carbons (Fsp3) is 0.483. The van der Waals surface area contributed by atoms with Gasteiger partial charge in [0, 0.05) is 24.7 Å². The minimum absolute atomic E-state index is 0.0513. The second-order valence-electron chi connectivity index (χ2n) is 8.81. The number of oxime groups is 1. The van der Waals surface area contributed by atoms with Gasteiger partial charge < -0.3 is 34.8 Å². The fourth-order valence-electron chi connectivity index (χ4n) is 3.79. The third-order valence-electron chi connectivity index (χ3n) is 5.69. The molecule has 39 heavy (non-hydrogen) atoms. The Morgan fingerprint density at radius 2 is 1.49 bits per heavy atom. The van der Waals surface area contributed by atoms with Crippen LogP contribution >= 0.6 is 0 Å². The van der Waals surface area contributed by atoms with E-state index in [0.717, 1.165) is 32.1 Å². The van der Waals surface area contributed by atoms with E-state index in [1.54, 1.807) is 54.3 Å². The van der Waals surface area contributed by atoms with Gasteiger partial charge in [0.15, 0.2) is 12.4 Å². The number of amidine groups is 1. The van der Waals surface area contributed by atoms with Crippen molar-refractivity contribution in [3.8, 4) is 17.2 Å². The highest BCUT2D eigenvalue weighted by Gasteiger charge is 2.20. The van der Waals surface area contributed by atoms with Crippen LogP contribution in [0.25, 0.3) is 0 Å². The average Bonchev–Trinajstić information content (AvgIpc) is 2.95. The van der Waals surface area contributed by atoms with Gasteiger partial charge in [-0.05, 0) is 75.4 Å². The highest BCUT2D eigenvalue weighted by atomic mass is 16.6. The summed E-state index contributed by atoms with van der Waals surface area (Å²) in [7, 11) is 0. The molecule has 0 spiro atoms. The first-order chi connectivity index (χ1) is 18.9. The van der Waals surface area contributed by atoms with Crippen LogP contribution < -0.4 is 19.9 Å². The number of amides is 1. The number of benzene rings is 2. The quantitative estimate of drug-likeness (QED) is 0.0695. The van der Waals surface area contributed by atoms with Gasteiger partial charge in [-0.1, -0.05) is 19.0 Å². The molecule has 0 bridgehead atoms. The van der Waals surface area contributed by atoms with Crippen LogP contribution in [-0.2, 0) is 9.53 Å². The molecule has 0 aromatic heterocycles. The molecule has 0 saturated heterocycles. The highest BCUT2D eigenvalue weighted by Crippen LogP contribution is 2.27. The maximum Gasteiger partial charge on any atom is 0.344 e. The molecule has 214 valence electrons. The Bertz CT molecular complexity index is 1050. The summed E-state index contributed by atoms with van der Waals surface area (Å²) in [6.45, 7) is 8.07. The molecule has 0 aliphatic heterocycles. The number of nitrogens with zero attached hydrogens (tertiary/aromatic N) is 2. The van der Waals surface area contributed by atoms with E-state index in [1.807, 2.05) is 13.8 Å². The molecule has 0 atom stereocenters. The molecule has 3 N–H and O–H groups in total. The fourth-order valence-corrected chi connectivity index (χ4v) is 3.79. The van der Waals surface area contributed by atoms with Crippen LogP contribution in [0.1, 0.15) is 68.8 Å². The molecule has 0 radical (unpaired) electrons. The molecule has 0 heterocycles. The Kier molecular flexibility index (Phi) is 14.1. The molecule has 2 aromatic rings. The van der Waals surface area contributed by atoms with Gasteiger partial charge in [0.2, 0.25) is 0 Å². The monoisotopic (exact) mass is 543 g/mol. The van der Waals surface area contributed by atoms with E-state index in [9.17, 15) is 9.59 Å². The van der Waals surface area contributed by atoms with Crippen LogP contribution in [0.5, 0.6) is 17.2 Å². The molecule has 0 unspecified atom stereocenters. The van der Waals surface area contributed by atoms with Gasteiger partial charge in [-0.25, -0.2) is 4.79 Å². The number of hydrogen-bond donors (Lipinski definition) is 2. The molecule has 0 fully saturated rings. The van der Waals surface area contributed by atoms with E-state index < -0.39 is 5.97 Å². The van der Waals surface area contributed by atoms with Gasteiger partial charge in [0.25, 0.3) is 5.91 Å². The van der Waals surface area contributed by atoms with Gasteiger partial charge in [-0.15, -0.1) is 0 Å². The van der Waals surface area contributed by atoms with E-state index >= 15 is 0 Å². The van der Waals surface area contributed by atoms with Gasteiger partial charge >= 0.3 is 5.97 Å². The van der Waals surface area contributed by atoms with Crippen molar-refractivity contribution < 1.29 is 33.7 Å². The first-order valence-electron chi connectivity index (χ1n) is 13.5. The normalized spacial score (nSPS) is 11.1. The summed E-state index contributed by atoms with van der Waals surface area (Å²) in [5.74, 6) is 0.989. The van der Waals surface area contributed by atoms with Gasteiger partial charge in [0.05, 0.1) is 25.4 Å². The van der Waals surface area contributed by atoms with Gasteiger partial charge in [0.1, 0.15) is 17.2 Å². The summed E-state index contributed by atoms with van der Waals surface area (Å²) in [4.78, 5) is 26.9. The first-order valence-corrected chi connectivity index (χ1v) is 13.5. The highest BCUT2D eigenvalue weighted by molar-refractivity contribution is 5.97. The van der Waals surface area contributed by atoms with Crippen LogP contribution in [-0.4, -0.2) is 67.3 Å².